The predicted molar refractivity (Wildman–Crippen MR) is 154 cm³/mol. The van der Waals surface area contributed by atoms with E-state index in [0.717, 1.165) is 47.8 Å². The lowest BCUT2D eigenvalue weighted by Crippen LogP contribution is -2.29. The smallest absolute Gasteiger partial charge is 0.115 e. The van der Waals surface area contributed by atoms with E-state index in [0.29, 0.717) is 30.4 Å². The molecule has 0 unspecified atom stereocenters. The van der Waals surface area contributed by atoms with Crippen LogP contribution in [0.15, 0.2) is 60.1 Å². The van der Waals surface area contributed by atoms with E-state index >= 15 is 0 Å². The molecule has 0 aliphatic heterocycles. The Labute approximate surface area is 226 Å². The van der Waals surface area contributed by atoms with Crippen LogP contribution in [0.25, 0.3) is 18.0 Å². The molecule has 0 spiro atoms. The summed E-state index contributed by atoms with van der Waals surface area (Å²) >= 11 is 0. The number of imidazole rings is 1. The fourth-order valence-electron chi connectivity index (χ4n) is 4.95. The van der Waals surface area contributed by atoms with Crippen LogP contribution in [0.4, 0.5) is 0 Å². The number of phenolic OH excluding ortho intramolecular Hbond substituents is 1. The van der Waals surface area contributed by atoms with Crippen molar-refractivity contribution in [3.05, 3.63) is 71.4 Å². The first-order valence-electron chi connectivity index (χ1n) is 13.6. The van der Waals surface area contributed by atoms with Crippen molar-refractivity contribution in [1.29, 1.82) is 0 Å². The standard InChI is InChI=1S/C25H28N4O.C6H14O2/c1-17(20-4-6-21(7-5-20)22-8-10-24(30)11-9-22)28-18(2)25-19(3)29(16-27-25)23-12-14-26-15-13-23;1-3-5(7)6(8)4-2/h8-16,20-21,30H,3-7H2,1-2H3;5-8H,3-4H2,1-2H3/b25-18+,28-17?;/t;5-,6-/m.0/s1. The van der Waals surface area contributed by atoms with Gasteiger partial charge in [0.15, 0.2) is 0 Å². The maximum absolute atomic E-state index is 9.50. The number of aliphatic hydroxyl groups excluding tert-OH is 2. The highest BCUT2D eigenvalue weighted by Crippen LogP contribution is 2.36. The number of aliphatic hydroxyl groups is 2. The van der Waals surface area contributed by atoms with E-state index < -0.39 is 12.2 Å². The topological polar surface area (TPSA) is 104 Å². The summed E-state index contributed by atoms with van der Waals surface area (Å²) in [7, 11) is 0. The molecule has 1 fully saturated rings. The Balaban J connectivity index is 0.000000436. The molecule has 3 N–H and O–H groups in total. The lowest BCUT2D eigenvalue weighted by molar-refractivity contribution is 0.0157. The molecule has 0 saturated heterocycles. The highest BCUT2D eigenvalue weighted by Gasteiger charge is 2.24. The van der Waals surface area contributed by atoms with Crippen molar-refractivity contribution in [3.63, 3.8) is 0 Å². The summed E-state index contributed by atoms with van der Waals surface area (Å²) in [5.41, 5.74) is 4.40. The minimum atomic E-state index is -0.528. The Kier molecular flexibility index (Phi) is 10.8. The van der Waals surface area contributed by atoms with Gasteiger partial charge in [-0.15, -0.1) is 0 Å². The van der Waals surface area contributed by atoms with Crippen LogP contribution in [0.5, 0.6) is 5.75 Å². The molecule has 0 amide bonds. The van der Waals surface area contributed by atoms with Crippen molar-refractivity contribution < 1.29 is 15.3 Å². The SMILES string of the molecule is C=c1/c(=C(/C)N=C(C)C2CCC(c3ccc(O)cc3)CC2)ncn1-c1ccncc1.CC[C@H](O)[C@@H](O)CC. The number of benzene rings is 1. The van der Waals surface area contributed by atoms with E-state index in [1.165, 1.54) is 11.3 Å². The number of hydrogen-bond acceptors (Lipinski definition) is 6. The van der Waals surface area contributed by atoms with Crippen molar-refractivity contribution in [3.8, 4) is 11.4 Å². The van der Waals surface area contributed by atoms with Gasteiger partial charge in [-0.2, -0.15) is 0 Å². The Bertz CT molecular complexity index is 1270. The van der Waals surface area contributed by atoms with E-state index in [-0.39, 0.29) is 0 Å². The summed E-state index contributed by atoms with van der Waals surface area (Å²) in [6, 6.07) is 11.6. The monoisotopic (exact) mass is 518 g/mol. The second kappa shape index (κ2) is 14.0. The molecule has 7 nitrogen and oxygen atoms in total. The quantitative estimate of drug-likeness (QED) is 0.400. The molecular formula is C31H42N4O3. The Morgan fingerprint density at radius 3 is 2.11 bits per heavy atom. The van der Waals surface area contributed by atoms with Gasteiger partial charge in [-0.25, -0.2) is 4.98 Å². The fourth-order valence-corrected chi connectivity index (χ4v) is 4.95. The van der Waals surface area contributed by atoms with Gasteiger partial charge in [0.2, 0.25) is 0 Å². The van der Waals surface area contributed by atoms with E-state index in [9.17, 15) is 5.11 Å². The normalized spacial score (nSPS) is 20.2. The summed E-state index contributed by atoms with van der Waals surface area (Å²) in [5.74, 6) is 1.41. The number of aromatic nitrogens is 3. The largest absolute Gasteiger partial charge is 0.508 e. The molecule has 2 atom stereocenters. The van der Waals surface area contributed by atoms with Crippen LogP contribution in [0, 0.1) is 5.92 Å². The van der Waals surface area contributed by atoms with E-state index in [2.05, 4.69) is 23.5 Å². The average Bonchev–Trinajstić information content (AvgIpc) is 3.34. The zero-order chi connectivity index (χ0) is 27.7. The molecule has 4 rings (SSSR count). The van der Waals surface area contributed by atoms with Gasteiger partial charge in [-0.1, -0.05) is 32.6 Å². The zero-order valence-electron chi connectivity index (χ0n) is 23.1. The van der Waals surface area contributed by atoms with Gasteiger partial charge in [0.25, 0.3) is 0 Å². The number of nitrogens with zero attached hydrogens (tertiary/aromatic N) is 4. The molecule has 0 radical (unpaired) electrons. The van der Waals surface area contributed by atoms with Gasteiger partial charge in [-0.3, -0.25) is 14.5 Å². The minimum Gasteiger partial charge on any atom is -0.508 e. The van der Waals surface area contributed by atoms with Crippen LogP contribution in [0.2, 0.25) is 0 Å². The van der Waals surface area contributed by atoms with E-state index in [1.807, 2.05) is 49.6 Å². The second-order valence-electron chi connectivity index (χ2n) is 10.0. The molecule has 204 valence electrons. The maximum Gasteiger partial charge on any atom is 0.115 e. The molecule has 0 bridgehead atoms. The van der Waals surface area contributed by atoms with Gasteiger partial charge in [-0.05, 0) is 94.0 Å². The number of aromatic hydroxyl groups is 1. The second-order valence-corrected chi connectivity index (χ2v) is 10.0. The van der Waals surface area contributed by atoms with Gasteiger partial charge in [0, 0.05) is 18.1 Å². The van der Waals surface area contributed by atoms with Crippen LogP contribution in [-0.4, -0.2) is 47.8 Å². The van der Waals surface area contributed by atoms with Crippen LogP contribution in [0.3, 0.4) is 0 Å². The van der Waals surface area contributed by atoms with Crippen molar-refractivity contribution in [1.82, 2.24) is 14.5 Å². The van der Waals surface area contributed by atoms with Crippen molar-refractivity contribution >= 4 is 18.0 Å². The highest BCUT2D eigenvalue weighted by atomic mass is 16.3. The van der Waals surface area contributed by atoms with Gasteiger partial charge >= 0.3 is 0 Å². The molecule has 38 heavy (non-hydrogen) atoms. The summed E-state index contributed by atoms with van der Waals surface area (Å²) in [6.45, 7) is 12.1. The fraction of sp³-hybridized carbons (Fsp3) is 0.452. The predicted octanol–water partition coefficient (Wildman–Crippen LogP) is 4.47. The molecule has 1 saturated carbocycles. The third kappa shape index (κ3) is 7.62. The molecule has 2 aromatic heterocycles. The van der Waals surface area contributed by atoms with E-state index in [1.54, 1.807) is 30.9 Å². The summed E-state index contributed by atoms with van der Waals surface area (Å²) in [6.07, 6.45) is 10.1. The average molecular weight is 519 g/mol. The highest BCUT2D eigenvalue weighted by molar-refractivity contribution is 5.87. The lowest BCUT2D eigenvalue weighted by atomic mass is 9.77. The number of hydrogen-bond donors (Lipinski definition) is 3. The van der Waals surface area contributed by atoms with Gasteiger partial charge in [0.05, 0.1) is 28.9 Å². The molecule has 1 aromatic carbocycles. The molecule has 3 aromatic rings. The summed E-state index contributed by atoms with van der Waals surface area (Å²) < 4.78 is 1.97. The van der Waals surface area contributed by atoms with Gasteiger partial charge < -0.3 is 15.3 Å². The van der Waals surface area contributed by atoms with Crippen LogP contribution < -0.4 is 10.7 Å². The number of aliphatic imine (C=N–C) groups is 1. The third-order valence-electron chi connectivity index (χ3n) is 7.46. The van der Waals surface area contributed by atoms with Crippen LogP contribution in [-0.2, 0) is 0 Å². The van der Waals surface area contributed by atoms with Crippen molar-refractivity contribution in [2.75, 3.05) is 0 Å². The maximum atomic E-state index is 9.50. The molecule has 1 aliphatic rings. The molecular weight excluding hydrogens is 476 g/mol. The van der Waals surface area contributed by atoms with Crippen LogP contribution in [0.1, 0.15) is 77.7 Å². The zero-order valence-corrected chi connectivity index (χ0v) is 23.1. The Hall–Kier alpha value is -3.29. The van der Waals surface area contributed by atoms with E-state index in [4.69, 9.17) is 15.2 Å². The van der Waals surface area contributed by atoms with Gasteiger partial charge in [0.1, 0.15) is 17.4 Å². The Morgan fingerprint density at radius 1 is 0.974 bits per heavy atom. The third-order valence-corrected chi connectivity index (χ3v) is 7.46. The first-order valence-corrected chi connectivity index (χ1v) is 13.6. The summed E-state index contributed by atoms with van der Waals surface area (Å²) in [5, 5.41) is 28.9. The first-order chi connectivity index (χ1) is 18.2. The minimum absolute atomic E-state index is 0.331. The van der Waals surface area contributed by atoms with Crippen molar-refractivity contribution in [2.45, 2.75) is 84.3 Å². The van der Waals surface area contributed by atoms with Crippen molar-refractivity contribution in [2.24, 2.45) is 10.9 Å². The summed E-state index contributed by atoms with van der Waals surface area (Å²) in [4.78, 5) is 13.6. The number of phenols is 1. The first kappa shape index (κ1) is 29.3. The molecule has 2 heterocycles. The lowest BCUT2D eigenvalue weighted by Gasteiger charge is -2.28. The Morgan fingerprint density at radius 2 is 1.55 bits per heavy atom. The van der Waals surface area contributed by atoms with Crippen LogP contribution >= 0.6 is 0 Å². The molecule has 7 heteroatoms. The molecule has 1 aliphatic carbocycles. The number of rotatable bonds is 7. The number of pyridine rings is 1.